The summed E-state index contributed by atoms with van der Waals surface area (Å²) in [5.41, 5.74) is 9.79. The second kappa shape index (κ2) is 12.2. The van der Waals surface area contributed by atoms with Crippen LogP contribution in [0.1, 0.15) is 49.9 Å². The molecule has 4 rings (SSSR count). The number of allylic oxidation sites excluding steroid dienone is 4. The molecule has 0 saturated heterocycles. The van der Waals surface area contributed by atoms with Crippen molar-refractivity contribution in [1.82, 2.24) is 0 Å². The summed E-state index contributed by atoms with van der Waals surface area (Å²) in [6.45, 7) is 18.5. The average molecular weight is 590 g/mol. The van der Waals surface area contributed by atoms with Crippen LogP contribution in [0, 0.1) is 27.7 Å². The summed E-state index contributed by atoms with van der Waals surface area (Å²) in [6.07, 6.45) is 0. The smallest absolute Gasteiger partial charge is 1.00 e. The van der Waals surface area contributed by atoms with Gasteiger partial charge in [0.25, 0.3) is 0 Å². The molecule has 0 radical (unpaired) electrons. The van der Waals surface area contributed by atoms with Crippen LogP contribution in [-0.4, -0.2) is 8.07 Å². The van der Waals surface area contributed by atoms with Crippen molar-refractivity contribution in [3.05, 3.63) is 110 Å². The first-order chi connectivity index (χ1) is 15.5. The fraction of sp³-hybridized carbons (Fsp3) is 0.290. The van der Waals surface area contributed by atoms with E-state index in [1.54, 1.807) is 0 Å². The molecule has 0 amide bonds. The molecule has 0 heterocycles. The van der Waals surface area contributed by atoms with Crippen LogP contribution in [0.5, 0.6) is 0 Å². The first kappa shape index (κ1) is 33.0. The van der Waals surface area contributed by atoms with Crippen molar-refractivity contribution in [3.8, 4) is 0 Å². The van der Waals surface area contributed by atoms with E-state index in [0.29, 0.717) is 0 Å². The van der Waals surface area contributed by atoms with Crippen LogP contribution in [0.15, 0.2) is 87.3 Å². The summed E-state index contributed by atoms with van der Waals surface area (Å²) in [5, 5.41) is 4.44. The van der Waals surface area contributed by atoms with E-state index in [4.69, 9.17) is 0 Å². The summed E-state index contributed by atoms with van der Waals surface area (Å²) in [6, 6.07) is 26.2. The van der Waals surface area contributed by atoms with Gasteiger partial charge in [-0.15, -0.1) is 0 Å². The second-order valence-corrected chi connectivity index (χ2v) is 15.2. The Morgan fingerprint density at radius 3 is 1.25 bits per heavy atom. The molecule has 0 bridgehead atoms. The predicted octanol–water partition coefficient (Wildman–Crippen LogP) is -2.67. The van der Waals surface area contributed by atoms with Gasteiger partial charge in [-0.3, -0.25) is 0 Å². The molecule has 36 heavy (non-hydrogen) atoms. The third-order valence-corrected chi connectivity index (χ3v) is 15.6. The molecular formula is C31H35Cl3SiTi. The number of hydrogen-bond donors (Lipinski definition) is 0. The van der Waals surface area contributed by atoms with Crippen LogP contribution in [0.25, 0.3) is 0 Å². The van der Waals surface area contributed by atoms with Crippen LogP contribution in [0.4, 0.5) is 0 Å². The Balaban J connectivity index is 0.00000216. The molecule has 1 aliphatic carbocycles. The van der Waals surface area contributed by atoms with Crippen molar-refractivity contribution < 1.29 is 57.7 Å². The summed E-state index contributed by atoms with van der Waals surface area (Å²) >= 11 is 2.39. The molecule has 1 unspecified atom stereocenters. The van der Waals surface area contributed by atoms with Gasteiger partial charge >= 0.3 is 214 Å². The molecule has 5 heteroatoms. The van der Waals surface area contributed by atoms with Crippen LogP contribution in [-0.2, 0) is 20.4 Å². The van der Waals surface area contributed by atoms with E-state index >= 15 is 0 Å². The van der Waals surface area contributed by atoms with Crippen LogP contribution >= 0.6 is 0 Å². The fourth-order valence-electron chi connectivity index (χ4n) is 6.04. The average Bonchev–Trinajstić information content (AvgIpc) is 2.92. The Kier molecular flexibility index (Phi) is 11.2. The van der Waals surface area contributed by atoms with Gasteiger partial charge in [-0.1, -0.05) is 0 Å². The van der Waals surface area contributed by atoms with E-state index in [1.165, 1.54) is 58.4 Å². The molecule has 0 nitrogen and oxygen atoms in total. The summed E-state index contributed by atoms with van der Waals surface area (Å²) in [4.78, 5) is 0. The minimum absolute atomic E-state index is 0. The number of halogens is 3. The van der Waals surface area contributed by atoms with E-state index in [1.807, 2.05) is 0 Å². The predicted molar refractivity (Wildman–Crippen MR) is 142 cm³/mol. The molecule has 0 fully saturated rings. The molecule has 3 aromatic carbocycles. The molecule has 0 aromatic heterocycles. The van der Waals surface area contributed by atoms with Gasteiger partial charge in [0, 0.05) is 0 Å². The third kappa shape index (κ3) is 5.01. The monoisotopic (exact) mass is 588 g/mol. The molecule has 188 valence electrons. The zero-order valence-electron chi connectivity index (χ0n) is 22.5. The molecule has 0 aliphatic heterocycles. The van der Waals surface area contributed by atoms with Crippen molar-refractivity contribution in [3.63, 3.8) is 0 Å². The number of aryl methyl sites for hydroxylation is 4. The summed E-state index contributed by atoms with van der Waals surface area (Å²) in [7, 11) is -2.55. The molecule has 0 spiro atoms. The fourth-order valence-corrected chi connectivity index (χ4v) is 13.8. The zero-order chi connectivity index (χ0) is 24.1. The van der Waals surface area contributed by atoms with E-state index in [2.05, 4.69) is 143 Å². The van der Waals surface area contributed by atoms with Crippen molar-refractivity contribution >= 4 is 23.6 Å². The number of hydrogen-bond acceptors (Lipinski definition) is 0. The van der Waals surface area contributed by atoms with Gasteiger partial charge in [-0.25, -0.2) is 0 Å². The summed E-state index contributed by atoms with van der Waals surface area (Å²) < 4.78 is 1.53. The van der Waals surface area contributed by atoms with Gasteiger partial charge in [0.05, 0.1) is 0 Å². The van der Waals surface area contributed by atoms with Crippen molar-refractivity contribution in [1.29, 1.82) is 0 Å². The molecule has 0 saturated carbocycles. The Bertz CT molecular complexity index is 1200. The van der Waals surface area contributed by atoms with E-state index in [0.717, 1.165) is 0 Å². The van der Waals surface area contributed by atoms with Gasteiger partial charge in [-0.2, -0.15) is 0 Å². The molecule has 1 aliphatic rings. The minimum Gasteiger partial charge on any atom is -1.00 e. The Hall–Kier alpha value is -1.06. The normalized spacial score (nSPS) is 17.4. The SMILES string of the molecule is CC1=C(C)C(C)([Si](c2ccc(C)cc2)(c2ccc(C)cc2)c2cc(C)cc(C)c2)[C]([Ti+3])=C1C.[Cl-].[Cl-].[Cl-]. The van der Waals surface area contributed by atoms with E-state index in [9.17, 15) is 0 Å². The first-order valence-corrected chi connectivity index (χ1v) is 14.7. The van der Waals surface area contributed by atoms with Crippen LogP contribution in [0.3, 0.4) is 0 Å². The Morgan fingerprint density at radius 1 is 0.528 bits per heavy atom. The molecular weight excluding hydrogens is 555 g/mol. The molecule has 0 N–H and O–H groups in total. The van der Waals surface area contributed by atoms with Crippen molar-refractivity contribution in [2.75, 3.05) is 0 Å². The van der Waals surface area contributed by atoms with Gasteiger partial charge in [-0.05, 0) is 0 Å². The first-order valence-electron chi connectivity index (χ1n) is 11.9. The molecule has 1 atom stereocenters. The Morgan fingerprint density at radius 2 is 0.917 bits per heavy atom. The zero-order valence-corrected chi connectivity index (χ0v) is 27.3. The maximum atomic E-state index is 2.54. The maximum absolute atomic E-state index is 2.55. The number of benzene rings is 3. The van der Waals surface area contributed by atoms with Gasteiger partial charge in [0.2, 0.25) is 0 Å². The number of rotatable bonds is 4. The van der Waals surface area contributed by atoms with E-state index in [-0.39, 0.29) is 42.3 Å². The van der Waals surface area contributed by atoms with Crippen LogP contribution < -0.4 is 52.8 Å². The van der Waals surface area contributed by atoms with E-state index < -0.39 is 8.07 Å². The van der Waals surface area contributed by atoms with Crippen molar-refractivity contribution in [2.45, 2.75) is 60.4 Å². The topological polar surface area (TPSA) is 0 Å². The second-order valence-electron chi connectivity index (χ2n) is 10.2. The van der Waals surface area contributed by atoms with Crippen molar-refractivity contribution in [2.24, 2.45) is 0 Å². The Labute approximate surface area is 249 Å². The quantitative estimate of drug-likeness (QED) is 0.230. The van der Waals surface area contributed by atoms with Gasteiger partial charge in [0.1, 0.15) is 0 Å². The minimum atomic E-state index is -2.55. The third-order valence-electron chi connectivity index (χ3n) is 8.12. The largest absolute Gasteiger partial charge is 1.00 e. The van der Waals surface area contributed by atoms with Gasteiger partial charge < -0.3 is 37.2 Å². The van der Waals surface area contributed by atoms with Crippen LogP contribution in [0.2, 0.25) is 5.04 Å². The standard InChI is InChI=1S/C31H35Si.3ClH.Ti/c1-21-9-13-28(14-10-21)32(29-15-11-22(2)12-16-29,30-18-23(3)17-24(4)19-30)31(8)20-25(5)26(6)27(31)7;;;;/h9-19H,1-8H3;3*1H;/q;;;;+3/p-3. The molecule has 3 aromatic rings. The van der Waals surface area contributed by atoms with Gasteiger partial charge in [0.15, 0.2) is 0 Å². The summed E-state index contributed by atoms with van der Waals surface area (Å²) in [5.74, 6) is 0. The maximum Gasteiger partial charge on any atom is -1.00 e.